The van der Waals surface area contributed by atoms with Crippen LogP contribution < -0.4 is 25.5 Å². The van der Waals surface area contributed by atoms with Crippen molar-refractivity contribution in [2.75, 3.05) is 13.4 Å². The van der Waals surface area contributed by atoms with Crippen LogP contribution in [0.3, 0.4) is 0 Å². The first-order valence-corrected chi connectivity index (χ1v) is 10.8. The summed E-state index contributed by atoms with van der Waals surface area (Å²) in [6.07, 6.45) is 2.14. The number of nitrogens with zero attached hydrogens (tertiary/aromatic N) is 1. The number of aromatic nitrogens is 1. The zero-order chi connectivity index (χ0) is 23.6. The molecule has 0 saturated carbocycles. The molecule has 1 aromatic carbocycles. The molecule has 2 heterocycles. The number of aryl methyl sites for hydroxylation is 1. The largest absolute Gasteiger partial charge is 0.454 e. The van der Waals surface area contributed by atoms with Gasteiger partial charge >= 0.3 is 0 Å². The minimum Gasteiger partial charge on any atom is -0.454 e. The van der Waals surface area contributed by atoms with Crippen LogP contribution in [-0.2, 0) is 11.3 Å². The first-order valence-electron chi connectivity index (χ1n) is 10.8. The fourth-order valence-electron chi connectivity index (χ4n) is 3.57. The van der Waals surface area contributed by atoms with Crippen LogP contribution in [0.5, 0.6) is 11.5 Å². The molecule has 0 bridgehead atoms. The number of aliphatic hydroxyl groups is 1. The number of carbonyl (C=O) groups excluding carboxylic acids is 2. The Morgan fingerprint density at radius 3 is 2.47 bits per heavy atom. The summed E-state index contributed by atoms with van der Waals surface area (Å²) in [4.78, 5) is 39.3. The summed E-state index contributed by atoms with van der Waals surface area (Å²) in [6.45, 7) is 9.40. The Labute approximate surface area is 186 Å². The van der Waals surface area contributed by atoms with Crippen LogP contribution in [0.1, 0.15) is 51.4 Å². The van der Waals surface area contributed by atoms with E-state index in [1.165, 1.54) is 6.20 Å². The highest BCUT2D eigenvalue weighted by atomic mass is 16.7. The van der Waals surface area contributed by atoms with E-state index in [1.807, 2.05) is 20.8 Å². The van der Waals surface area contributed by atoms with Gasteiger partial charge in [-0.3, -0.25) is 14.4 Å². The van der Waals surface area contributed by atoms with Gasteiger partial charge < -0.3 is 29.8 Å². The molecular weight excluding hydrogens is 414 g/mol. The highest BCUT2D eigenvalue weighted by Crippen LogP contribution is 2.35. The molecule has 9 heteroatoms. The van der Waals surface area contributed by atoms with Gasteiger partial charge in [0, 0.05) is 18.8 Å². The molecule has 2 atom stereocenters. The van der Waals surface area contributed by atoms with Gasteiger partial charge in [-0.05, 0) is 32.8 Å². The van der Waals surface area contributed by atoms with Gasteiger partial charge in [-0.2, -0.15) is 0 Å². The van der Waals surface area contributed by atoms with Crippen LogP contribution in [-0.4, -0.2) is 46.5 Å². The lowest BCUT2D eigenvalue weighted by Gasteiger charge is -2.29. The molecule has 0 saturated heterocycles. The summed E-state index contributed by atoms with van der Waals surface area (Å²) < 4.78 is 12.6. The highest BCUT2D eigenvalue weighted by molar-refractivity contribution is 6.00. The third-order valence-corrected chi connectivity index (χ3v) is 5.80. The third kappa shape index (κ3) is 4.57. The number of hydrogen-bond donors (Lipinski definition) is 3. The van der Waals surface area contributed by atoms with E-state index in [0.29, 0.717) is 35.4 Å². The number of rotatable bonds is 8. The predicted octanol–water partition coefficient (Wildman–Crippen LogP) is 1.78. The van der Waals surface area contributed by atoms with Crippen molar-refractivity contribution < 1.29 is 24.2 Å². The maximum absolute atomic E-state index is 13.2. The second-order valence-electron chi connectivity index (χ2n) is 8.75. The fraction of sp³-hybridized carbons (Fsp3) is 0.522. The number of fused-ring (bicyclic) bond motifs is 2. The Hall–Kier alpha value is -3.07. The quantitative estimate of drug-likeness (QED) is 0.570. The molecule has 0 aliphatic carbocycles. The van der Waals surface area contributed by atoms with Crippen LogP contribution >= 0.6 is 0 Å². The second-order valence-corrected chi connectivity index (χ2v) is 8.75. The summed E-state index contributed by atoms with van der Waals surface area (Å²) in [7, 11) is 0. The van der Waals surface area contributed by atoms with Crippen LogP contribution in [0, 0.1) is 5.92 Å². The molecular formula is C23H31N3O6. The maximum atomic E-state index is 13.2. The number of nitrogens with one attached hydrogen (secondary N) is 2. The maximum Gasteiger partial charge on any atom is 0.257 e. The van der Waals surface area contributed by atoms with E-state index >= 15 is 0 Å². The van der Waals surface area contributed by atoms with E-state index in [4.69, 9.17) is 9.47 Å². The number of ether oxygens (including phenoxy) is 2. The van der Waals surface area contributed by atoms with E-state index in [1.54, 1.807) is 30.5 Å². The van der Waals surface area contributed by atoms with Crippen molar-refractivity contribution >= 4 is 22.7 Å². The first kappa shape index (κ1) is 23.6. The van der Waals surface area contributed by atoms with Gasteiger partial charge in [0.05, 0.1) is 23.0 Å². The summed E-state index contributed by atoms with van der Waals surface area (Å²) in [5.74, 6) is -0.212. The molecule has 3 rings (SSSR count). The van der Waals surface area contributed by atoms with Crippen LogP contribution in [0.25, 0.3) is 10.9 Å². The Kier molecular flexibility index (Phi) is 6.78. The molecule has 2 amide bonds. The third-order valence-electron chi connectivity index (χ3n) is 5.80. The molecule has 1 aliphatic rings. The molecule has 1 aromatic heterocycles. The van der Waals surface area contributed by atoms with E-state index in [9.17, 15) is 19.5 Å². The van der Waals surface area contributed by atoms with Crippen LogP contribution in [0.4, 0.5) is 0 Å². The Balaban J connectivity index is 1.99. The Bertz CT molecular complexity index is 1090. The van der Waals surface area contributed by atoms with Gasteiger partial charge in [0.2, 0.25) is 18.1 Å². The fourth-order valence-corrected chi connectivity index (χ4v) is 3.57. The van der Waals surface area contributed by atoms with Crippen LogP contribution in [0.2, 0.25) is 0 Å². The van der Waals surface area contributed by atoms with E-state index < -0.39 is 28.8 Å². The predicted molar refractivity (Wildman–Crippen MR) is 120 cm³/mol. The first-order chi connectivity index (χ1) is 15.1. The number of aliphatic hydroxyl groups excluding tert-OH is 1. The molecule has 1 aliphatic heterocycles. The molecule has 3 N–H and O–H groups in total. The van der Waals surface area contributed by atoms with Crippen molar-refractivity contribution in [2.45, 2.75) is 59.2 Å². The number of hydrogen-bond acceptors (Lipinski definition) is 6. The zero-order valence-corrected chi connectivity index (χ0v) is 19.2. The average Bonchev–Trinajstić information content (AvgIpc) is 3.23. The molecule has 32 heavy (non-hydrogen) atoms. The van der Waals surface area contributed by atoms with Crippen molar-refractivity contribution in [3.8, 4) is 11.5 Å². The monoisotopic (exact) mass is 445 g/mol. The summed E-state index contributed by atoms with van der Waals surface area (Å²) >= 11 is 0. The number of pyridine rings is 1. The highest BCUT2D eigenvalue weighted by Gasteiger charge is 2.31. The summed E-state index contributed by atoms with van der Waals surface area (Å²) in [6, 6.07) is 2.46. The number of carbonyl (C=O) groups is 2. The zero-order valence-electron chi connectivity index (χ0n) is 19.2. The van der Waals surface area contributed by atoms with Crippen molar-refractivity contribution in [3.63, 3.8) is 0 Å². The minimum atomic E-state index is -0.861. The van der Waals surface area contributed by atoms with Gasteiger partial charge in [0.15, 0.2) is 11.5 Å². The molecule has 0 spiro atoms. The topological polar surface area (TPSA) is 119 Å². The molecule has 0 radical (unpaired) electrons. The van der Waals surface area contributed by atoms with Gasteiger partial charge in [-0.25, -0.2) is 0 Å². The van der Waals surface area contributed by atoms with Crippen molar-refractivity contribution in [1.82, 2.24) is 15.2 Å². The second kappa shape index (κ2) is 9.20. The van der Waals surface area contributed by atoms with Gasteiger partial charge in [0.1, 0.15) is 11.6 Å². The average molecular weight is 446 g/mol. The van der Waals surface area contributed by atoms with E-state index in [0.717, 1.165) is 0 Å². The normalized spacial score (nSPS) is 14.8. The van der Waals surface area contributed by atoms with Crippen molar-refractivity contribution in [3.05, 3.63) is 34.1 Å². The standard InChI is InChI=1S/C23H31N3O6/c1-6-13(3)19(22(30)25-23(4,5)11-27)24-21(29)15-10-26(7-2)16-9-18-17(31-12-32-18)8-14(16)20(15)28/h8-10,13,19,27H,6-7,11-12H2,1-5H3,(H,24,29)(H,25,30)/t13-,19+/m1/s1. The van der Waals surface area contributed by atoms with Crippen molar-refractivity contribution in [2.24, 2.45) is 5.92 Å². The number of benzene rings is 1. The summed E-state index contributed by atoms with van der Waals surface area (Å²) in [5, 5.41) is 15.3. The SMILES string of the molecule is CC[C@@H](C)[C@H](NC(=O)c1cn(CC)c2cc3c(cc2c1=O)OCO3)C(=O)NC(C)(C)CO. The van der Waals surface area contributed by atoms with Gasteiger partial charge in [-0.15, -0.1) is 0 Å². The lowest BCUT2D eigenvalue weighted by atomic mass is 9.96. The summed E-state index contributed by atoms with van der Waals surface area (Å²) in [5.41, 5.74) is -0.701. The molecule has 9 nitrogen and oxygen atoms in total. The van der Waals surface area contributed by atoms with Gasteiger partial charge in [0.25, 0.3) is 5.91 Å². The minimum absolute atomic E-state index is 0.0549. The van der Waals surface area contributed by atoms with Gasteiger partial charge in [-0.1, -0.05) is 20.3 Å². The van der Waals surface area contributed by atoms with E-state index in [-0.39, 0.29) is 24.9 Å². The molecule has 0 unspecified atom stereocenters. The van der Waals surface area contributed by atoms with E-state index in [2.05, 4.69) is 10.6 Å². The van der Waals surface area contributed by atoms with Crippen molar-refractivity contribution in [1.29, 1.82) is 0 Å². The lowest BCUT2D eigenvalue weighted by Crippen LogP contribution is -2.56. The lowest BCUT2D eigenvalue weighted by molar-refractivity contribution is -0.126. The smallest absolute Gasteiger partial charge is 0.257 e. The molecule has 0 fully saturated rings. The molecule has 2 aromatic rings. The molecule has 174 valence electrons. The van der Waals surface area contributed by atoms with Crippen LogP contribution in [0.15, 0.2) is 23.1 Å². The Morgan fingerprint density at radius 1 is 1.22 bits per heavy atom. The number of amides is 2. The Morgan fingerprint density at radius 2 is 1.88 bits per heavy atom.